The highest BCUT2D eigenvalue weighted by molar-refractivity contribution is 7.04. The van der Waals surface area contributed by atoms with Gasteiger partial charge < -0.3 is 10.6 Å². The highest BCUT2D eigenvalue weighted by atomic mass is 32.1. The van der Waals surface area contributed by atoms with Gasteiger partial charge >= 0.3 is 6.18 Å². The van der Waals surface area contributed by atoms with Crippen molar-refractivity contribution >= 4 is 23.1 Å². The number of aromatic nitrogens is 4. The number of anilines is 1. The quantitative estimate of drug-likeness (QED) is 0.601. The lowest BCUT2D eigenvalue weighted by molar-refractivity contribution is -0.138. The second-order valence-electron chi connectivity index (χ2n) is 7.97. The Bertz CT molecular complexity index is 1180. The molecule has 0 saturated carbocycles. The van der Waals surface area contributed by atoms with Crippen LogP contribution >= 0.6 is 11.5 Å². The molecule has 3 aromatic heterocycles. The molecule has 32 heavy (non-hydrogen) atoms. The smallest absolute Gasteiger partial charge is 0.350 e. The number of hydrogen-bond acceptors (Lipinski definition) is 7. The Morgan fingerprint density at radius 2 is 2.06 bits per heavy atom. The molecule has 4 heterocycles. The highest BCUT2D eigenvalue weighted by Crippen LogP contribution is 2.40. The van der Waals surface area contributed by atoms with Crippen molar-refractivity contribution in [2.45, 2.75) is 38.4 Å². The number of halogens is 3. The molecule has 1 fully saturated rings. The molecule has 0 amide bonds. The fourth-order valence-electron chi connectivity index (χ4n) is 4.15. The topological polar surface area (TPSA) is 75.6 Å². The van der Waals surface area contributed by atoms with Gasteiger partial charge in [0.1, 0.15) is 5.56 Å². The molecule has 10 heteroatoms. The fraction of sp³-hybridized carbons (Fsp3) is 0.364. The number of nitrogens with one attached hydrogen (secondary N) is 2. The molecule has 1 aliphatic heterocycles. The predicted molar refractivity (Wildman–Crippen MR) is 117 cm³/mol. The first kappa shape index (κ1) is 21.0. The van der Waals surface area contributed by atoms with Crippen molar-refractivity contribution in [3.63, 3.8) is 0 Å². The molecule has 6 nitrogen and oxygen atoms in total. The molecule has 166 valence electrons. The average molecular weight is 459 g/mol. The Morgan fingerprint density at radius 1 is 1.19 bits per heavy atom. The zero-order valence-corrected chi connectivity index (χ0v) is 18.1. The zero-order valence-electron chi connectivity index (χ0n) is 17.3. The number of pyridine rings is 1. The van der Waals surface area contributed by atoms with E-state index >= 15 is 0 Å². The number of rotatable bonds is 4. The van der Waals surface area contributed by atoms with E-state index in [4.69, 9.17) is 4.98 Å². The van der Waals surface area contributed by atoms with Crippen molar-refractivity contribution in [1.82, 2.24) is 24.6 Å². The molecule has 2 aliphatic rings. The number of aryl methyl sites for hydroxylation is 1. The summed E-state index contributed by atoms with van der Waals surface area (Å²) in [6.07, 6.45) is 0.451. The number of nitrogens with zero attached hydrogens (tertiary/aromatic N) is 4. The molecule has 1 atom stereocenters. The lowest BCUT2D eigenvalue weighted by Crippen LogP contribution is -2.38. The molecule has 1 saturated heterocycles. The molecule has 0 aromatic carbocycles. The van der Waals surface area contributed by atoms with E-state index in [0.29, 0.717) is 17.6 Å². The van der Waals surface area contributed by atoms with Crippen LogP contribution in [0.1, 0.15) is 41.1 Å². The largest absolute Gasteiger partial charge is 0.419 e. The second kappa shape index (κ2) is 8.25. The van der Waals surface area contributed by atoms with Gasteiger partial charge in [0.05, 0.1) is 22.8 Å². The van der Waals surface area contributed by atoms with E-state index in [2.05, 4.69) is 25.0 Å². The van der Waals surface area contributed by atoms with Gasteiger partial charge in [-0.1, -0.05) is 12.1 Å². The first-order valence-corrected chi connectivity index (χ1v) is 11.3. The fourth-order valence-corrected chi connectivity index (χ4v) is 4.85. The van der Waals surface area contributed by atoms with Crippen molar-refractivity contribution in [1.29, 1.82) is 0 Å². The number of hydrogen-bond donors (Lipinski definition) is 2. The zero-order chi connectivity index (χ0) is 22.3. The molecular formula is C22H21F3N6S. The van der Waals surface area contributed by atoms with Crippen LogP contribution in [-0.2, 0) is 12.6 Å². The van der Waals surface area contributed by atoms with Gasteiger partial charge in [0.25, 0.3) is 0 Å². The maximum Gasteiger partial charge on any atom is 0.419 e. The summed E-state index contributed by atoms with van der Waals surface area (Å²) in [6.45, 7) is 3.59. The summed E-state index contributed by atoms with van der Waals surface area (Å²) in [5, 5.41) is 8.38. The van der Waals surface area contributed by atoms with Crippen molar-refractivity contribution in [3.05, 3.63) is 58.0 Å². The molecule has 0 unspecified atom stereocenters. The summed E-state index contributed by atoms with van der Waals surface area (Å²) >= 11 is 1.36. The average Bonchev–Trinajstić information content (AvgIpc) is 3.39. The van der Waals surface area contributed by atoms with Crippen LogP contribution in [0.2, 0.25) is 0 Å². The number of allylic oxidation sites excluding steroid dienone is 1. The first-order valence-electron chi connectivity index (χ1n) is 10.4. The highest BCUT2D eigenvalue weighted by Gasteiger charge is 2.37. The van der Waals surface area contributed by atoms with Crippen LogP contribution in [0.4, 0.5) is 19.1 Å². The maximum atomic E-state index is 13.8. The van der Waals surface area contributed by atoms with Gasteiger partial charge in [-0.05, 0) is 43.9 Å². The lowest BCUT2D eigenvalue weighted by atomic mass is 10.0. The van der Waals surface area contributed by atoms with Crippen molar-refractivity contribution in [3.8, 4) is 11.3 Å². The summed E-state index contributed by atoms with van der Waals surface area (Å²) in [6, 6.07) is 3.74. The Labute approximate surface area is 187 Å². The van der Waals surface area contributed by atoms with Crippen LogP contribution in [0.15, 0.2) is 29.8 Å². The third kappa shape index (κ3) is 4.00. The van der Waals surface area contributed by atoms with Gasteiger partial charge in [0, 0.05) is 47.3 Å². The van der Waals surface area contributed by atoms with E-state index in [1.165, 1.54) is 11.5 Å². The molecule has 0 radical (unpaired) electrons. The van der Waals surface area contributed by atoms with Crippen molar-refractivity contribution in [2.75, 3.05) is 18.4 Å². The summed E-state index contributed by atoms with van der Waals surface area (Å²) in [4.78, 5) is 13.0. The van der Waals surface area contributed by atoms with Gasteiger partial charge in [0.15, 0.2) is 0 Å². The Hall–Kier alpha value is -2.85. The van der Waals surface area contributed by atoms with Gasteiger partial charge in [-0.25, -0.2) is 9.97 Å². The SMILES string of the molecule is Cc1nscc1-c1ccc2c(n1)CC=C2c1nc(N[C@H]2CCCNC2)ncc1C(F)(F)F. The van der Waals surface area contributed by atoms with Crippen LogP contribution in [0, 0.1) is 6.92 Å². The standard InChI is InChI=1S/C22H21F3N6S/c1-12-16(11-32-31-12)19-6-4-14-15(5-7-18(14)29-19)20-17(22(23,24)25)10-27-21(30-20)28-13-3-2-8-26-9-13/h4-6,10-11,13,26H,2-3,7-9H2,1H3,(H,27,28,30)/t13-/m0/s1. The third-order valence-electron chi connectivity index (χ3n) is 5.77. The first-order chi connectivity index (χ1) is 15.4. The number of piperidine rings is 1. The van der Waals surface area contributed by atoms with Crippen LogP contribution in [0.25, 0.3) is 16.8 Å². The van der Waals surface area contributed by atoms with E-state index in [1.807, 2.05) is 24.4 Å². The molecule has 0 spiro atoms. The summed E-state index contributed by atoms with van der Waals surface area (Å²) in [5.74, 6) is 0.209. The van der Waals surface area contributed by atoms with E-state index in [1.54, 1.807) is 6.08 Å². The molecule has 5 rings (SSSR count). The van der Waals surface area contributed by atoms with E-state index in [0.717, 1.165) is 54.8 Å². The van der Waals surface area contributed by atoms with Gasteiger partial charge in [-0.2, -0.15) is 17.5 Å². The van der Waals surface area contributed by atoms with Crippen LogP contribution in [0.5, 0.6) is 0 Å². The molecule has 0 bridgehead atoms. The number of alkyl halides is 3. The summed E-state index contributed by atoms with van der Waals surface area (Å²) < 4.78 is 45.7. The minimum atomic E-state index is -4.56. The monoisotopic (exact) mass is 458 g/mol. The van der Waals surface area contributed by atoms with Crippen molar-refractivity contribution < 1.29 is 13.2 Å². The lowest BCUT2D eigenvalue weighted by Gasteiger charge is -2.24. The van der Waals surface area contributed by atoms with Gasteiger partial charge in [0.2, 0.25) is 5.95 Å². The van der Waals surface area contributed by atoms with Crippen LogP contribution in [-0.4, -0.2) is 38.5 Å². The van der Waals surface area contributed by atoms with E-state index in [-0.39, 0.29) is 17.7 Å². The Balaban J connectivity index is 1.51. The van der Waals surface area contributed by atoms with Gasteiger partial charge in [-0.3, -0.25) is 4.98 Å². The molecule has 1 aliphatic carbocycles. The van der Waals surface area contributed by atoms with E-state index < -0.39 is 11.7 Å². The van der Waals surface area contributed by atoms with Crippen molar-refractivity contribution in [2.24, 2.45) is 0 Å². The molecular weight excluding hydrogens is 437 g/mol. The minimum Gasteiger partial charge on any atom is -0.350 e. The minimum absolute atomic E-state index is 0.0878. The van der Waals surface area contributed by atoms with Crippen LogP contribution in [0.3, 0.4) is 0 Å². The van der Waals surface area contributed by atoms with E-state index in [9.17, 15) is 13.2 Å². The number of fused-ring (bicyclic) bond motifs is 1. The molecule has 3 aromatic rings. The Morgan fingerprint density at radius 3 is 2.78 bits per heavy atom. The van der Waals surface area contributed by atoms with Gasteiger partial charge in [-0.15, -0.1) is 0 Å². The van der Waals surface area contributed by atoms with Crippen LogP contribution < -0.4 is 10.6 Å². The maximum absolute atomic E-state index is 13.8. The summed E-state index contributed by atoms with van der Waals surface area (Å²) in [7, 11) is 0. The Kier molecular flexibility index (Phi) is 5.42. The third-order valence-corrected chi connectivity index (χ3v) is 6.49. The normalized spacial score (nSPS) is 18.4. The second-order valence-corrected chi connectivity index (χ2v) is 8.60. The predicted octanol–water partition coefficient (Wildman–Crippen LogP) is 4.47. The molecule has 2 N–H and O–H groups in total. The summed E-state index contributed by atoms with van der Waals surface area (Å²) in [5.41, 5.74) is 3.50.